The van der Waals surface area contributed by atoms with Crippen LogP contribution in [0.4, 0.5) is 11.4 Å². The highest BCUT2D eigenvalue weighted by molar-refractivity contribution is 5.93. The Morgan fingerprint density at radius 2 is 1.83 bits per heavy atom. The Kier molecular flexibility index (Phi) is 5.68. The van der Waals surface area contributed by atoms with Crippen molar-refractivity contribution in [3.63, 3.8) is 0 Å². The van der Waals surface area contributed by atoms with Crippen LogP contribution in [-0.4, -0.2) is 34.2 Å². The van der Waals surface area contributed by atoms with E-state index in [1.165, 1.54) is 0 Å². The van der Waals surface area contributed by atoms with Crippen molar-refractivity contribution in [2.75, 3.05) is 38.5 Å². The number of nitrogens with zero attached hydrogens (tertiary/aromatic N) is 1. The summed E-state index contributed by atoms with van der Waals surface area (Å²) < 4.78 is 10.5. The minimum absolute atomic E-state index is 0.0951. The first-order valence-electron chi connectivity index (χ1n) is 7.73. The minimum atomic E-state index is -0.0951. The van der Waals surface area contributed by atoms with Crippen molar-refractivity contribution in [1.82, 2.24) is 0 Å². The number of hydrogen-bond donors (Lipinski definition) is 1. The number of nitrogens with one attached hydrogen (secondary N) is 1. The van der Waals surface area contributed by atoms with Crippen LogP contribution in [0.2, 0.25) is 0 Å². The normalized spacial score (nSPS) is 10.2. The lowest BCUT2D eigenvalue weighted by molar-refractivity contribution is -0.115. The smallest absolute Gasteiger partial charge is 0.228 e. The summed E-state index contributed by atoms with van der Waals surface area (Å²) in [6.45, 7) is 1.98. The second kappa shape index (κ2) is 7.73. The van der Waals surface area contributed by atoms with Gasteiger partial charge in [0.15, 0.2) is 0 Å². The highest BCUT2D eigenvalue weighted by Gasteiger charge is 2.12. The molecule has 0 aliphatic heterocycles. The number of carbonyl (C=O) groups excluding carboxylic acids is 1. The third-order valence-electron chi connectivity index (χ3n) is 3.84. The SMILES string of the molecule is COc1ccc(OC)c(CC(=O)Nc2ccc(N(C)C)cc2C)c1. The fourth-order valence-electron chi connectivity index (χ4n) is 2.45. The van der Waals surface area contributed by atoms with Gasteiger partial charge in [-0.05, 0) is 48.9 Å². The molecule has 0 radical (unpaired) electrons. The van der Waals surface area contributed by atoms with Crippen molar-refractivity contribution in [2.45, 2.75) is 13.3 Å². The van der Waals surface area contributed by atoms with Gasteiger partial charge in [-0.25, -0.2) is 0 Å². The molecule has 1 N–H and O–H groups in total. The van der Waals surface area contributed by atoms with Crippen LogP contribution in [0, 0.1) is 6.92 Å². The minimum Gasteiger partial charge on any atom is -0.497 e. The Balaban J connectivity index is 2.14. The van der Waals surface area contributed by atoms with Crippen LogP contribution in [0.3, 0.4) is 0 Å². The molecule has 128 valence electrons. The lowest BCUT2D eigenvalue weighted by Crippen LogP contribution is -2.16. The van der Waals surface area contributed by atoms with Crippen molar-refractivity contribution in [1.29, 1.82) is 0 Å². The van der Waals surface area contributed by atoms with Gasteiger partial charge >= 0.3 is 0 Å². The molecule has 0 spiro atoms. The summed E-state index contributed by atoms with van der Waals surface area (Å²) in [4.78, 5) is 14.4. The Labute approximate surface area is 143 Å². The van der Waals surface area contributed by atoms with Gasteiger partial charge in [0.25, 0.3) is 0 Å². The summed E-state index contributed by atoms with van der Waals surface area (Å²) in [5, 5.41) is 2.96. The maximum atomic E-state index is 12.4. The van der Waals surface area contributed by atoms with Gasteiger partial charge < -0.3 is 19.7 Å². The molecule has 5 nitrogen and oxygen atoms in total. The van der Waals surface area contributed by atoms with Crippen molar-refractivity contribution in [2.24, 2.45) is 0 Å². The van der Waals surface area contributed by atoms with E-state index in [2.05, 4.69) is 5.32 Å². The molecular weight excluding hydrogens is 304 g/mol. The van der Waals surface area contributed by atoms with Gasteiger partial charge in [-0.2, -0.15) is 0 Å². The molecule has 0 atom stereocenters. The van der Waals surface area contributed by atoms with Crippen molar-refractivity contribution < 1.29 is 14.3 Å². The van der Waals surface area contributed by atoms with Gasteiger partial charge in [0, 0.05) is 31.0 Å². The molecule has 0 saturated heterocycles. The number of ether oxygens (including phenoxy) is 2. The molecule has 0 aromatic heterocycles. The summed E-state index contributed by atoms with van der Waals surface area (Å²) in [6.07, 6.45) is 0.218. The van der Waals surface area contributed by atoms with Crippen molar-refractivity contribution >= 4 is 17.3 Å². The van der Waals surface area contributed by atoms with Crippen LogP contribution in [-0.2, 0) is 11.2 Å². The number of amides is 1. The Bertz CT molecular complexity index is 727. The van der Waals surface area contributed by atoms with E-state index in [0.29, 0.717) is 11.5 Å². The van der Waals surface area contributed by atoms with Crippen LogP contribution in [0.15, 0.2) is 36.4 Å². The molecular formula is C19H24N2O3. The number of benzene rings is 2. The van der Waals surface area contributed by atoms with Crippen LogP contribution >= 0.6 is 0 Å². The number of hydrogen-bond acceptors (Lipinski definition) is 4. The molecule has 2 aromatic carbocycles. The van der Waals surface area contributed by atoms with Gasteiger partial charge in [-0.15, -0.1) is 0 Å². The molecule has 0 bridgehead atoms. The molecule has 0 heterocycles. The van der Waals surface area contributed by atoms with E-state index in [1.807, 2.05) is 56.3 Å². The fraction of sp³-hybridized carbons (Fsp3) is 0.316. The second-order valence-corrected chi connectivity index (χ2v) is 5.80. The number of aryl methyl sites for hydroxylation is 1. The van der Waals surface area contributed by atoms with E-state index in [9.17, 15) is 4.79 Å². The summed E-state index contributed by atoms with van der Waals surface area (Å²) in [6, 6.07) is 11.4. The maximum absolute atomic E-state index is 12.4. The molecule has 1 amide bonds. The fourth-order valence-corrected chi connectivity index (χ4v) is 2.45. The average Bonchev–Trinajstić information content (AvgIpc) is 2.56. The topological polar surface area (TPSA) is 50.8 Å². The largest absolute Gasteiger partial charge is 0.497 e. The zero-order valence-corrected chi connectivity index (χ0v) is 14.8. The van der Waals surface area contributed by atoms with Crippen LogP contribution in [0.25, 0.3) is 0 Å². The summed E-state index contributed by atoms with van der Waals surface area (Å²) in [5.74, 6) is 1.28. The molecule has 0 aliphatic carbocycles. The Hall–Kier alpha value is -2.69. The lowest BCUT2D eigenvalue weighted by Gasteiger charge is -2.16. The zero-order chi connectivity index (χ0) is 17.7. The first kappa shape index (κ1) is 17.7. The third-order valence-corrected chi connectivity index (χ3v) is 3.84. The molecule has 0 fully saturated rings. The quantitative estimate of drug-likeness (QED) is 0.884. The molecule has 24 heavy (non-hydrogen) atoms. The van der Waals surface area contributed by atoms with E-state index in [0.717, 1.165) is 22.5 Å². The predicted octanol–water partition coefficient (Wildman–Crippen LogP) is 3.26. The third kappa shape index (κ3) is 4.19. The first-order chi connectivity index (χ1) is 11.4. The molecule has 2 aromatic rings. The number of carbonyl (C=O) groups is 1. The molecule has 0 unspecified atom stereocenters. The molecule has 0 saturated carbocycles. The van der Waals surface area contributed by atoms with E-state index >= 15 is 0 Å². The number of methoxy groups -OCH3 is 2. The van der Waals surface area contributed by atoms with E-state index in [-0.39, 0.29) is 12.3 Å². The summed E-state index contributed by atoms with van der Waals surface area (Å²) >= 11 is 0. The second-order valence-electron chi connectivity index (χ2n) is 5.80. The number of anilines is 2. The highest BCUT2D eigenvalue weighted by atomic mass is 16.5. The van der Waals surface area contributed by atoms with E-state index in [1.54, 1.807) is 20.3 Å². The predicted molar refractivity (Wildman–Crippen MR) is 97.4 cm³/mol. The van der Waals surface area contributed by atoms with Crippen molar-refractivity contribution in [3.8, 4) is 11.5 Å². The Morgan fingerprint density at radius 3 is 2.42 bits per heavy atom. The van der Waals surface area contributed by atoms with Crippen LogP contribution in [0.1, 0.15) is 11.1 Å². The summed E-state index contributed by atoms with van der Waals surface area (Å²) in [5.41, 5.74) is 3.72. The summed E-state index contributed by atoms with van der Waals surface area (Å²) in [7, 11) is 7.17. The van der Waals surface area contributed by atoms with Gasteiger partial charge in [-0.1, -0.05) is 0 Å². The standard InChI is InChI=1S/C19H24N2O3/c1-13-10-15(21(2)3)6-8-17(13)20-19(22)12-14-11-16(23-4)7-9-18(14)24-5/h6-11H,12H2,1-5H3,(H,20,22). The number of rotatable bonds is 6. The monoisotopic (exact) mass is 328 g/mol. The van der Waals surface area contributed by atoms with Gasteiger partial charge in [0.2, 0.25) is 5.91 Å². The van der Waals surface area contributed by atoms with Gasteiger partial charge in [0.1, 0.15) is 11.5 Å². The molecule has 5 heteroatoms. The molecule has 2 rings (SSSR count). The first-order valence-corrected chi connectivity index (χ1v) is 7.73. The van der Waals surface area contributed by atoms with Crippen LogP contribution in [0.5, 0.6) is 11.5 Å². The highest BCUT2D eigenvalue weighted by Crippen LogP contribution is 2.25. The average molecular weight is 328 g/mol. The Morgan fingerprint density at radius 1 is 1.08 bits per heavy atom. The lowest BCUT2D eigenvalue weighted by atomic mass is 10.1. The van der Waals surface area contributed by atoms with Crippen LogP contribution < -0.4 is 19.7 Å². The zero-order valence-electron chi connectivity index (χ0n) is 14.8. The maximum Gasteiger partial charge on any atom is 0.228 e. The van der Waals surface area contributed by atoms with E-state index in [4.69, 9.17) is 9.47 Å². The van der Waals surface area contributed by atoms with Crippen molar-refractivity contribution in [3.05, 3.63) is 47.5 Å². The van der Waals surface area contributed by atoms with Gasteiger partial charge in [-0.3, -0.25) is 4.79 Å². The molecule has 0 aliphatic rings. The van der Waals surface area contributed by atoms with Gasteiger partial charge in [0.05, 0.1) is 20.6 Å². The van der Waals surface area contributed by atoms with E-state index < -0.39 is 0 Å².